The summed E-state index contributed by atoms with van der Waals surface area (Å²) in [5.41, 5.74) is 9.39. The number of benzene rings is 3. The van der Waals surface area contributed by atoms with Gasteiger partial charge in [0.1, 0.15) is 11.8 Å². The van der Waals surface area contributed by atoms with Crippen LogP contribution in [0.2, 0.25) is 0 Å². The number of likely N-dealkylation sites (tertiary alicyclic amines) is 1. The third-order valence-electron chi connectivity index (χ3n) is 5.15. The largest absolute Gasteiger partial charge is 0.497 e. The van der Waals surface area contributed by atoms with Gasteiger partial charge in [-0.15, -0.1) is 0 Å². The SMILES string of the molecule is COc1ccc([C@@H]2[C@H](N)C(=O)N2C(c2ccccc2)c2ccccc2)cc1. The third-order valence-corrected chi connectivity index (χ3v) is 5.15. The fourth-order valence-electron chi connectivity index (χ4n) is 3.78. The van der Waals surface area contributed by atoms with Crippen LogP contribution in [0.4, 0.5) is 0 Å². The Labute approximate surface area is 159 Å². The maximum absolute atomic E-state index is 12.8. The Morgan fingerprint density at radius 2 is 1.37 bits per heavy atom. The van der Waals surface area contributed by atoms with Crippen molar-refractivity contribution < 1.29 is 9.53 Å². The molecule has 0 spiro atoms. The lowest BCUT2D eigenvalue weighted by Gasteiger charge is -2.50. The Kier molecular flexibility index (Phi) is 4.65. The second-order valence-corrected chi connectivity index (χ2v) is 6.71. The molecule has 1 saturated heterocycles. The highest BCUT2D eigenvalue weighted by Crippen LogP contribution is 2.43. The molecular weight excluding hydrogens is 336 g/mol. The minimum atomic E-state index is -0.534. The number of methoxy groups -OCH3 is 1. The number of amides is 1. The van der Waals surface area contributed by atoms with E-state index in [1.54, 1.807) is 7.11 Å². The molecule has 4 rings (SSSR count). The van der Waals surface area contributed by atoms with E-state index in [0.717, 1.165) is 22.4 Å². The molecular formula is C23H22N2O2. The Morgan fingerprint density at radius 1 is 0.852 bits per heavy atom. The minimum Gasteiger partial charge on any atom is -0.497 e. The van der Waals surface area contributed by atoms with Gasteiger partial charge in [-0.3, -0.25) is 4.79 Å². The molecule has 1 fully saturated rings. The second kappa shape index (κ2) is 7.25. The van der Waals surface area contributed by atoms with Crippen LogP contribution in [0.25, 0.3) is 0 Å². The van der Waals surface area contributed by atoms with E-state index in [1.165, 1.54) is 0 Å². The summed E-state index contributed by atoms with van der Waals surface area (Å²) in [5.74, 6) is 0.751. The van der Waals surface area contributed by atoms with Gasteiger partial charge in [0.05, 0.1) is 19.2 Å². The highest BCUT2D eigenvalue weighted by atomic mass is 16.5. The lowest BCUT2D eigenvalue weighted by molar-refractivity contribution is -0.152. The Morgan fingerprint density at radius 3 is 1.85 bits per heavy atom. The average Bonchev–Trinajstić information content (AvgIpc) is 2.75. The maximum atomic E-state index is 12.8. The lowest BCUT2D eigenvalue weighted by Crippen LogP contribution is -2.63. The first-order valence-electron chi connectivity index (χ1n) is 9.02. The molecule has 3 aromatic rings. The first kappa shape index (κ1) is 17.3. The standard InChI is InChI=1S/C23H22N2O2/c1-27-19-14-12-18(13-15-19)22-20(24)23(26)25(22)21(16-8-4-2-5-9-16)17-10-6-3-7-11-17/h2-15,20-22H,24H2,1H3/t20-,22+/m0/s1. The molecule has 1 aliphatic rings. The summed E-state index contributed by atoms with van der Waals surface area (Å²) < 4.78 is 5.25. The smallest absolute Gasteiger partial charge is 0.243 e. The average molecular weight is 358 g/mol. The van der Waals surface area contributed by atoms with Gasteiger partial charge in [0.25, 0.3) is 0 Å². The molecule has 0 aliphatic carbocycles. The summed E-state index contributed by atoms with van der Waals surface area (Å²) >= 11 is 0. The third kappa shape index (κ3) is 3.09. The number of ether oxygens (including phenoxy) is 1. The van der Waals surface area contributed by atoms with Gasteiger partial charge in [0, 0.05) is 0 Å². The molecule has 2 N–H and O–H groups in total. The van der Waals surface area contributed by atoms with Crippen LogP contribution < -0.4 is 10.5 Å². The minimum absolute atomic E-state index is 0.0338. The molecule has 0 aromatic heterocycles. The van der Waals surface area contributed by atoms with Crippen molar-refractivity contribution in [2.24, 2.45) is 5.73 Å². The summed E-state index contributed by atoms with van der Waals surface area (Å²) in [4.78, 5) is 14.7. The molecule has 4 nitrogen and oxygen atoms in total. The van der Waals surface area contributed by atoms with E-state index in [-0.39, 0.29) is 18.0 Å². The van der Waals surface area contributed by atoms with E-state index in [2.05, 4.69) is 24.3 Å². The quantitative estimate of drug-likeness (QED) is 0.708. The number of carbonyl (C=O) groups is 1. The van der Waals surface area contributed by atoms with E-state index in [0.29, 0.717) is 0 Å². The summed E-state index contributed by atoms with van der Waals surface area (Å²) in [6, 6.07) is 27.1. The van der Waals surface area contributed by atoms with Gasteiger partial charge in [-0.05, 0) is 28.8 Å². The van der Waals surface area contributed by atoms with Crippen LogP contribution in [-0.4, -0.2) is 24.0 Å². The fourth-order valence-corrected chi connectivity index (χ4v) is 3.78. The first-order chi connectivity index (χ1) is 13.2. The molecule has 4 heteroatoms. The molecule has 0 saturated carbocycles. The van der Waals surface area contributed by atoms with Gasteiger partial charge in [-0.1, -0.05) is 72.8 Å². The molecule has 0 radical (unpaired) electrons. The van der Waals surface area contributed by atoms with E-state index < -0.39 is 6.04 Å². The fraction of sp³-hybridized carbons (Fsp3) is 0.174. The normalized spacial score (nSPS) is 19.1. The topological polar surface area (TPSA) is 55.6 Å². The van der Waals surface area contributed by atoms with Crippen molar-refractivity contribution in [3.63, 3.8) is 0 Å². The Balaban J connectivity index is 1.76. The molecule has 0 unspecified atom stereocenters. The summed E-state index contributed by atoms with van der Waals surface area (Å²) in [6.07, 6.45) is 0. The highest BCUT2D eigenvalue weighted by molar-refractivity contribution is 5.90. The van der Waals surface area contributed by atoms with Crippen molar-refractivity contribution >= 4 is 5.91 Å². The summed E-state index contributed by atoms with van der Waals surface area (Å²) in [5, 5.41) is 0. The Hall–Kier alpha value is -3.11. The van der Waals surface area contributed by atoms with E-state index in [1.807, 2.05) is 65.6 Å². The summed E-state index contributed by atoms with van der Waals surface area (Å²) in [6.45, 7) is 0. The second-order valence-electron chi connectivity index (χ2n) is 6.71. The van der Waals surface area contributed by atoms with E-state index in [9.17, 15) is 4.79 Å². The van der Waals surface area contributed by atoms with Crippen molar-refractivity contribution in [1.29, 1.82) is 0 Å². The monoisotopic (exact) mass is 358 g/mol. The van der Waals surface area contributed by atoms with Crippen LogP contribution in [0.5, 0.6) is 5.75 Å². The summed E-state index contributed by atoms with van der Waals surface area (Å²) in [7, 11) is 1.64. The molecule has 1 aliphatic heterocycles. The van der Waals surface area contributed by atoms with Crippen molar-refractivity contribution in [3.05, 3.63) is 102 Å². The van der Waals surface area contributed by atoms with Gasteiger partial charge in [0.2, 0.25) is 5.91 Å². The van der Waals surface area contributed by atoms with Crippen molar-refractivity contribution in [3.8, 4) is 5.75 Å². The maximum Gasteiger partial charge on any atom is 0.243 e. The van der Waals surface area contributed by atoms with Crippen molar-refractivity contribution in [2.45, 2.75) is 18.1 Å². The number of β-lactam (4-membered cyclic amide) rings is 1. The number of hydrogen-bond donors (Lipinski definition) is 1. The molecule has 27 heavy (non-hydrogen) atoms. The van der Waals surface area contributed by atoms with Gasteiger partial charge >= 0.3 is 0 Å². The van der Waals surface area contributed by atoms with Crippen LogP contribution >= 0.6 is 0 Å². The lowest BCUT2D eigenvalue weighted by atomic mass is 9.83. The van der Waals surface area contributed by atoms with Crippen molar-refractivity contribution in [1.82, 2.24) is 4.90 Å². The number of rotatable bonds is 5. The van der Waals surface area contributed by atoms with Gasteiger partial charge in [-0.25, -0.2) is 0 Å². The zero-order valence-electron chi connectivity index (χ0n) is 15.2. The van der Waals surface area contributed by atoms with Gasteiger partial charge in [-0.2, -0.15) is 0 Å². The van der Waals surface area contributed by atoms with Crippen LogP contribution in [0.1, 0.15) is 28.8 Å². The molecule has 3 aromatic carbocycles. The van der Waals surface area contributed by atoms with Crippen LogP contribution in [-0.2, 0) is 4.79 Å². The van der Waals surface area contributed by atoms with Gasteiger partial charge in [0.15, 0.2) is 0 Å². The molecule has 1 amide bonds. The number of nitrogens with zero attached hydrogens (tertiary/aromatic N) is 1. The predicted octanol–water partition coefficient (Wildman–Crippen LogP) is 3.70. The van der Waals surface area contributed by atoms with E-state index in [4.69, 9.17) is 10.5 Å². The molecule has 2 atom stereocenters. The highest BCUT2D eigenvalue weighted by Gasteiger charge is 2.49. The van der Waals surface area contributed by atoms with Gasteiger partial charge < -0.3 is 15.4 Å². The zero-order chi connectivity index (χ0) is 18.8. The van der Waals surface area contributed by atoms with Crippen LogP contribution in [0, 0.1) is 0 Å². The van der Waals surface area contributed by atoms with Crippen LogP contribution in [0.3, 0.4) is 0 Å². The zero-order valence-corrected chi connectivity index (χ0v) is 15.2. The molecule has 1 heterocycles. The molecule has 0 bridgehead atoms. The Bertz CT molecular complexity index is 871. The molecule has 136 valence electrons. The predicted molar refractivity (Wildman–Crippen MR) is 105 cm³/mol. The van der Waals surface area contributed by atoms with E-state index >= 15 is 0 Å². The number of hydrogen-bond acceptors (Lipinski definition) is 3. The number of nitrogens with two attached hydrogens (primary N) is 1. The first-order valence-corrected chi connectivity index (χ1v) is 9.02. The number of carbonyl (C=O) groups excluding carboxylic acids is 1. The van der Waals surface area contributed by atoms with Crippen molar-refractivity contribution in [2.75, 3.05) is 7.11 Å². The van der Waals surface area contributed by atoms with Crippen LogP contribution in [0.15, 0.2) is 84.9 Å².